The van der Waals surface area contributed by atoms with Crippen LogP contribution in [0.1, 0.15) is 13.3 Å². The lowest BCUT2D eigenvalue weighted by Gasteiger charge is -2.18. The molecule has 29 heavy (non-hydrogen) atoms. The molecule has 3 aromatic rings. The first-order valence-electron chi connectivity index (χ1n) is 9.69. The fourth-order valence-electron chi connectivity index (χ4n) is 3.41. The Balaban J connectivity index is 1.70. The van der Waals surface area contributed by atoms with Crippen LogP contribution >= 0.6 is 0 Å². The predicted molar refractivity (Wildman–Crippen MR) is 109 cm³/mol. The van der Waals surface area contributed by atoms with Gasteiger partial charge < -0.3 is 20.7 Å². The van der Waals surface area contributed by atoms with E-state index in [0.717, 1.165) is 5.52 Å². The van der Waals surface area contributed by atoms with Gasteiger partial charge in [-0.1, -0.05) is 6.07 Å². The molecule has 0 spiro atoms. The third-order valence-electron chi connectivity index (χ3n) is 4.91. The highest BCUT2D eigenvalue weighted by Crippen LogP contribution is 2.28. The van der Waals surface area contributed by atoms with E-state index in [4.69, 9.17) is 15.5 Å². The number of rotatable bonds is 8. The van der Waals surface area contributed by atoms with E-state index in [9.17, 15) is 4.79 Å². The lowest BCUT2D eigenvalue weighted by molar-refractivity contribution is -0.121. The number of primary amides is 1. The molecule has 1 saturated heterocycles. The highest BCUT2D eigenvalue weighted by Gasteiger charge is 2.29. The fraction of sp³-hybridized carbons (Fsp3) is 0.421. The van der Waals surface area contributed by atoms with Crippen LogP contribution in [0, 0.1) is 5.92 Å². The molecule has 1 atom stereocenters. The van der Waals surface area contributed by atoms with Crippen LogP contribution in [0.2, 0.25) is 0 Å². The summed E-state index contributed by atoms with van der Waals surface area (Å²) >= 11 is 0. The fourth-order valence-corrected chi connectivity index (χ4v) is 3.41. The van der Waals surface area contributed by atoms with Crippen LogP contribution in [-0.4, -0.2) is 56.9 Å². The summed E-state index contributed by atoms with van der Waals surface area (Å²) in [5, 5.41) is 7.74. The number of pyridine rings is 1. The predicted octanol–water partition coefficient (Wildman–Crippen LogP) is 1.31. The molecule has 1 amide bonds. The van der Waals surface area contributed by atoms with Gasteiger partial charge in [0.15, 0.2) is 5.82 Å². The van der Waals surface area contributed by atoms with Gasteiger partial charge >= 0.3 is 0 Å². The molecule has 10 heteroatoms. The Morgan fingerprint density at radius 2 is 2.28 bits per heavy atom. The second kappa shape index (κ2) is 8.39. The van der Waals surface area contributed by atoms with Crippen LogP contribution in [0.4, 0.5) is 17.6 Å². The van der Waals surface area contributed by atoms with Crippen molar-refractivity contribution in [3.8, 4) is 0 Å². The zero-order valence-electron chi connectivity index (χ0n) is 16.3. The molecule has 10 nitrogen and oxygen atoms in total. The molecule has 4 rings (SSSR count). The number of amides is 1. The number of aromatic nitrogens is 5. The Hall–Kier alpha value is -3.27. The minimum absolute atomic E-state index is 0.185. The van der Waals surface area contributed by atoms with Gasteiger partial charge in [0.25, 0.3) is 0 Å². The second-order valence-corrected chi connectivity index (χ2v) is 6.84. The molecule has 0 radical (unpaired) electrons. The van der Waals surface area contributed by atoms with Crippen LogP contribution in [0.3, 0.4) is 0 Å². The Morgan fingerprint density at radius 1 is 1.38 bits per heavy atom. The van der Waals surface area contributed by atoms with Crippen LogP contribution in [0.5, 0.6) is 0 Å². The molecule has 3 aromatic heterocycles. The normalized spacial score (nSPS) is 16.4. The highest BCUT2D eigenvalue weighted by atomic mass is 16.5. The number of nitrogens with two attached hydrogens (primary N) is 1. The van der Waals surface area contributed by atoms with Gasteiger partial charge in [-0.15, -0.1) is 0 Å². The molecular weight excluding hydrogens is 372 g/mol. The van der Waals surface area contributed by atoms with Gasteiger partial charge in [-0.2, -0.15) is 10.1 Å². The van der Waals surface area contributed by atoms with Crippen LogP contribution in [-0.2, 0) is 16.1 Å². The molecule has 0 aliphatic carbocycles. The first-order chi connectivity index (χ1) is 14.2. The van der Waals surface area contributed by atoms with E-state index in [2.05, 4.69) is 20.4 Å². The number of ether oxygens (including phenoxy) is 1. The third-order valence-corrected chi connectivity index (χ3v) is 4.91. The summed E-state index contributed by atoms with van der Waals surface area (Å²) < 4.78 is 7.30. The van der Waals surface area contributed by atoms with Gasteiger partial charge in [0, 0.05) is 25.9 Å². The van der Waals surface area contributed by atoms with Gasteiger partial charge in [-0.25, -0.2) is 9.97 Å². The van der Waals surface area contributed by atoms with Crippen molar-refractivity contribution in [2.75, 3.05) is 36.5 Å². The topological polar surface area (TPSA) is 124 Å². The first-order valence-corrected chi connectivity index (χ1v) is 9.69. The molecule has 4 heterocycles. The average Bonchev–Trinajstić information content (AvgIpc) is 3.37. The summed E-state index contributed by atoms with van der Waals surface area (Å²) in [7, 11) is 0. The number of hydrogen-bond acceptors (Lipinski definition) is 8. The smallest absolute Gasteiger partial charge is 0.228 e. The molecule has 152 valence electrons. The van der Waals surface area contributed by atoms with Crippen molar-refractivity contribution < 1.29 is 9.53 Å². The Morgan fingerprint density at radius 3 is 3.00 bits per heavy atom. The summed E-state index contributed by atoms with van der Waals surface area (Å²) in [4.78, 5) is 27.3. The minimum atomic E-state index is -0.288. The number of fused-ring (bicyclic) bond motifs is 1. The van der Waals surface area contributed by atoms with Crippen molar-refractivity contribution in [1.29, 1.82) is 0 Å². The number of hydrogen-bond donors (Lipinski definition) is 2. The summed E-state index contributed by atoms with van der Waals surface area (Å²) in [6, 6.07) is 5.62. The zero-order chi connectivity index (χ0) is 20.2. The Bertz CT molecular complexity index is 991. The second-order valence-electron chi connectivity index (χ2n) is 6.84. The maximum absolute atomic E-state index is 11.5. The van der Waals surface area contributed by atoms with Gasteiger partial charge in [0.1, 0.15) is 16.9 Å². The van der Waals surface area contributed by atoms with Crippen LogP contribution < -0.4 is 16.0 Å². The van der Waals surface area contributed by atoms with E-state index < -0.39 is 0 Å². The molecule has 0 aromatic carbocycles. The Labute approximate surface area is 168 Å². The van der Waals surface area contributed by atoms with Crippen molar-refractivity contribution in [2.24, 2.45) is 11.7 Å². The van der Waals surface area contributed by atoms with Gasteiger partial charge in [-0.05, 0) is 25.5 Å². The largest absolute Gasteiger partial charge is 0.380 e. The van der Waals surface area contributed by atoms with Gasteiger partial charge in [0.2, 0.25) is 11.9 Å². The first kappa shape index (κ1) is 19.1. The number of nitrogens with one attached hydrogen (secondary N) is 1. The zero-order valence-corrected chi connectivity index (χ0v) is 16.3. The van der Waals surface area contributed by atoms with E-state index >= 15 is 0 Å². The van der Waals surface area contributed by atoms with E-state index in [1.807, 2.05) is 34.7 Å². The van der Waals surface area contributed by atoms with Crippen molar-refractivity contribution in [2.45, 2.75) is 19.9 Å². The van der Waals surface area contributed by atoms with E-state index in [0.29, 0.717) is 62.4 Å². The summed E-state index contributed by atoms with van der Waals surface area (Å²) in [6.07, 6.45) is 4.14. The quantitative estimate of drug-likeness (QED) is 0.546. The van der Waals surface area contributed by atoms with Crippen molar-refractivity contribution in [3.63, 3.8) is 0 Å². The molecule has 0 unspecified atom stereocenters. The minimum Gasteiger partial charge on any atom is -0.380 e. The SMILES string of the molecule is CCOCCn1ncc2nc(N3CC[C@@H](C(N)=O)C3)nc(Nc3ccccn3)c21. The molecule has 1 aliphatic rings. The number of nitrogens with zero attached hydrogens (tertiary/aromatic N) is 6. The Kier molecular flexibility index (Phi) is 5.52. The van der Waals surface area contributed by atoms with Crippen LogP contribution in [0.25, 0.3) is 11.0 Å². The number of carbonyl (C=O) groups is 1. The molecule has 3 N–H and O–H groups in total. The van der Waals surface area contributed by atoms with Crippen molar-refractivity contribution >= 4 is 34.5 Å². The maximum Gasteiger partial charge on any atom is 0.228 e. The third kappa shape index (κ3) is 4.11. The molecule has 0 saturated carbocycles. The van der Waals surface area contributed by atoms with Crippen LogP contribution in [0.15, 0.2) is 30.6 Å². The molecule has 0 bridgehead atoms. The summed E-state index contributed by atoms with van der Waals surface area (Å²) in [6.45, 7) is 4.94. The van der Waals surface area contributed by atoms with E-state index in [1.165, 1.54) is 0 Å². The summed E-state index contributed by atoms with van der Waals surface area (Å²) in [5.74, 6) is 1.36. The molecule has 1 fully saturated rings. The monoisotopic (exact) mass is 396 g/mol. The lowest BCUT2D eigenvalue weighted by atomic mass is 10.1. The van der Waals surface area contributed by atoms with Gasteiger partial charge in [0.05, 0.1) is 25.3 Å². The molecule has 1 aliphatic heterocycles. The van der Waals surface area contributed by atoms with Crippen molar-refractivity contribution in [1.82, 2.24) is 24.7 Å². The van der Waals surface area contributed by atoms with E-state index in [1.54, 1.807) is 12.4 Å². The van der Waals surface area contributed by atoms with Gasteiger partial charge in [-0.3, -0.25) is 9.48 Å². The number of carbonyl (C=O) groups excluding carboxylic acids is 1. The average molecular weight is 396 g/mol. The van der Waals surface area contributed by atoms with E-state index in [-0.39, 0.29) is 11.8 Å². The lowest BCUT2D eigenvalue weighted by Crippen LogP contribution is -2.28. The van der Waals surface area contributed by atoms with Crippen molar-refractivity contribution in [3.05, 3.63) is 30.6 Å². The molecular formula is C19H24N8O2. The summed E-state index contributed by atoms with van der Waals surface area (Å²) in [5.41, 5.74) is 6.97. The standard InChI is InChI=1S/C19H24N8O2/c1-2-29-10-9-27-16-14(11-22-27)23-19(26-8-6-13(12-26)17(20)28)25-18(16)24-15-5-3-4-7-21-15/h3-5,7,11,13H,2,6,8-10,12H2,1H3,(H2,20,28)(H,21,23,24,25)/t13-/m1/s1. The maximum atomic E-state index is 11.5. The highest BCUT2D eigenvalue weighted by molar-refractivity contribution is 5.88. The number of anilines is 3.